The highest BCUT2D eigenvalue weighted by molar-refractivity contribution is 5.92. The average molecular weight is 254 g/mol. The molecule has 1 amide bonds. The van der Waals surface area contributed by atoms with Crippen LogP contribution in [0.3, 0.4) is 0 Å². The number of ether oxygens (including phenoxy) is 1. The van der Waals surface area contributed by atoms with Crippen molar-refractivity contribution >= 4 is 11.9 Å². The van der Waals surface area contributed by atoms with Crippen LogP contribution in [-0.4, -0.2) is 41.6 Å². The van der Waals surface area contributed by atoms with Gasteiger partial charge in [-0.1, -0.05) is 0 Å². The van der Waals surface area contributed by atoms with Crippen LogP contribution in [0.2, 0.25) is 0 Å². The van der Waals surface area contributed by atoms with E-state index in [1.807, 2.05) is 0 Å². The van der Waals surface area contributed by atoms with E-state index in [0.717, 1.165) is 0 Å². The van der Waals surface area contributed by atoms with Crippen LogP contribution in [0.5, 0.6) is 0 Å². The van der Waals surface area contributed by atoms with Gasteiger partial charge in [0, 0.05) is 32.3 Å². The Morgan fingerprint density at radius 1 is 1.56 bits per heavy atom. The van der Waals surface area contributed by atoms with Gasteiger partial charge in [0.2, 0.25) is 0 Å². The van der Waals surface area contributed by atoms with E-state index < -0.39 is 0 Å². The molecule has 0 aliphatic carbocycles. The summed E-state index contributed by atoms with van der Waals surface area (Å²) in [5.41, 5.74) is 5.74. The molecular weight excluding hydrogens is 236 g/mol. The van der Waals surface area contributed by atoms with Gasteiger partial charge in [-0.15, -0.1) is 0 Å². The van der Waals surface area contributed by atoms with E-state index >= 15 is 0 Å². The number of nitrogens with zero attached hydrogens (tertiary/aromatic N) is 2. The zero-order chi connectivity index (χ0) is 13.4. The maximum absolute atomic E-state index is 11.6. The van der Waals surface area contributed by atoms with Gasteiger partial charge in [-0.05, 0) is 6.42 Å². The number of rotatable bonds is 7. The fraction of sp³-hybridized carbons (Fsp3) is 0.545. The summed E-state index contributed by atoms with van der Waals surface area (Å²) in [5.74, 6) is -0.535. The summed E-state index contributed by atoms with van der Waals surface area (Å²) in [6.45, 7) is 1.54. The van der Waals surface area contributed by atoms with E-state index in [9.17, 15) is 9.59 Å². The molecule has 3 N–H and O–H groups in total. The first kappa shape index (κ1) is 14.2. The minimum atomic E-state index is -0.281. The Morgan fingerprint density at radius 3 is 3.00 bits per heavy atom. The van der Waals surface area contributed by atoms with Gasteiger partial charge in [-0.2, -0.15) is 0 Å². The summed E-state index contributed by atoms with van der Waals surface area (Å²) in [7, 11) is 1.34. The molecule has 0 radical (unpaired) electrons. The summed E-state index contributed by atoms with van der Waals surface area (Å²) in [6.07, 6.45) is 4.04. The van der Waals surface area contributed by atoms with E-state index in [1.165, 1.54) is 7.11 Å². The number of hydrogen-bond donors (Lipinski definition) is 2. The molecule has 0 aromatic carbocycles. The number of carbonyl (C=O) groups excluding carboxylic acids is 2. The predicted molar refractivity (Wildman–Crippen MR) is 64.9 cm³/mol. The van der Waals surface area contributed by atoms with Gasteiger partial charge in [-0.25, -0.2) is 4.98 Å². The summed E-state index contributed by atoms with van der Waals surface area (Å²) in [5, 5.41) is 2.68. The number of carbonyl (C=O) groups is 2. The molecular formula is C11H18N4O3. The quantitative estimate of drug-likeness (QED) is 0.506. The Bertz CT molecular complexity index is 403. The molecule has 7 heteroatoms. The van der Waals surface area contributed by atoms with Gasteiger partial charge in [0.25, 0.3) is 5.91 Å². The van der Waals surface area contributed by atoms with Crippen LogP contribution in [0.4, 0.5) is 0 Å². The van der Waals surface area contributed by atoms with Crippen LogP contribution >= 0.6 is 0 Å². The lowest BCUT2D eigenvalue weighted by molar-refractivity contribution is -0.140. The Balaban J connectivity index is 2.29. The molecule has 0 spiro atoms. The van der Waals surface area contributed by atoms with Gasteiger partial charge in [0.05, 0.1) is 13.4 Å². The molecule has 0 saturated carbocycles. The first-order valence-electron chi connectivity index (χ1n) is 5.74. The molecule has 7 nitrogen and oxygen atoms in total. The van der Waals surface area contributed by atoms with E-state index in [1.54, 1.807) is 17.1 Å². The molecule has 1 rings (SSSR count). The van der Waals surface area contributed by atoms with Crippen molar-refractivity contribution in [2.45, 2.75) is 19.4 Å². The number of nitrogens with two attached hydrogens (primary N) is 1. The highest BCUT2D eigenvalue weighted by Crippen LogP contribution is 1.96. The lowest BCUT2D eigenvalue weighted by Gasteiger charge is -2.02. The molecule has 1 heterocycles. The zero-order valence-corrected chi connectivity index (χ0v) is 10.4. The fourth-order valence-electron chi connectivity index (χ4n) is 1.38. The molecule has 0 unspecified atom stereocenters. The number of methoxy groups -OCH3 is 1. The molecule has 0 saturated heterocycles. The standard InChI is InChI=1S/C11H18N4O3/c1-18-10(16)3-2-5-13-11(17)9-7-15(6-4-12)8-14-9/h7-8H,2-6,12H2,1H3,(H,13,17). The minimum absolute atomic E-state index is 0.254. The summed E-state index contributed by atoms with van der Waals surface area (Å²) in [4.78, 5) is 26.4. The average Bonchev–Trinajstić information content (AvgIpc) is 2.83. The summed E-state index contributed by atoms with van der Waals surface area (Å²) in [6, 6.07) is 0. The second-order valence-corrected chi connectivity index (χ2v) is 3.72. The normalized spacial score (nSPS) is 10.1. The van der Waals surface area contributed by atoms with Crippen LogP contribution in [0.1, 0.15) is 23.3 Å². The highest BCUT2D eigenvalue weighted by Gasteiger charge is 2.08. The maximum atomic E-state index is 11.6. The number of imidazole rings is 1. The Labute approximate surface area is 105 Å². The maximum Gasteiger partial charge on any atom is 0.305 e. The number of hydrogen-bond acceptors (Lipinski definition) is 5. The fourth-order valence-corrected chi connectivity index (χ4v) is 1.38. The van der Waals surface area contributed by atoms with Gasteiger partial charge in [0.15, 0.2) is 0 Å². The second kappa shape index (κ2) is 7.44. The van der Waals surface area contributed by atoms with Gasteiger partial charge in [0.1, 0.15) is 5.69 Å². The van der Waals surface area contributed by atoms with E-state index in [2.05, 4.69) is 15.0 Å². The van der Waals surface area contributed by atoms with Crippen molar-refractivity contribution in [3.05, 3.63) is 18.2 Å². The molecule has 1 aromatic heterocycles. The summed E-state index contributed by atoms with van der Waals surface area (Å²) >= 11 is 0. The van der Waals surface area contributed by atoms with Crippen LogP contribution < -0.4 is 11.1 Å². The highest BCUT2D eigenvalue weighted by atomic mass is 16.5. The third-order valence-electron chi connectivity index (χ3n) is 2.32. The first-order valence-corrected chi connectivity index (χ1v) is 5.74. The monoisotopic (exact) mass is 254 g/mol. The van der Waals surface area contributed by atoms with Crippen molar-refractivity contribution in [2.24, 2.45) is 5.73 Å². The van der Waals surface area contributed by atoms with E-state index in [4.69, 9.17) is 5.73 Å². The van der Waals surface area contributed by atoms with E-state index in [-0.39, 0.29) is 11.9 Å². The predicted octanol–water partition coefficient (Wildman–Crippen LogP) is -0.475. The van der Waals surface area contributed by atoms with Crippen molar-refractivity contribution in [1.29, 1.82) is 0 Å². The largest absolute Gasteiger partial charge is 0.469 e. The van der Waals surface area contributed by atoms with Crippen LogP contribution in [0, 0.1) is 0 Å². The molecule has 0 aliphatic heterocycles. The smallest absolute Gasteiger partial charge is 0.305 e. The lowest BCUT2D eigenvalue weighted by atomic mass is 10.3. The third-order valence-corrected chi connectivity index (χ3v) is 2.32. The van der Waals surface area contributed by atoms with Crippen LogP contribution in [0.25, 0.3) is 0 Å². The topological polar surface area (TPSA) is 99.2 Å². The number of amides is 1. The van der Waals surface area contributed by atoms with Crippen molar-refractivity contribution < 1.29 is 14.3 Å². The molecule has 0 atom stereocenters. The SMILES string of the molecule is COC(=O)CCCNC(=O)c1cn(CCN)cn1. The molecule has 100 valence electrons. The van der Waals surface area contributed by atoms with Gasteiger partial charge >= 0.3 is 5.97 Å². The van der Waals surface area contributed by atoms with E-state index in [0.29, 0.717) is 38.2 Å². The van der Waals surface area contributed by atoms with Crippen LogP contribution in [0.15, 0.2) is 12.5 Å². The molecule has 0 bridgehead atoms. The second-order valence-electron chi connectivity index (χ2n) is 3.72. The number of esters is 1. The van der Waals surface area contributed by atoms with Gasteiger partial charge < -0.3 is 20.4 Å². The first-order chi connectivity index (χ1) is 8.67. The Hall–Kier alpha value is -1.89. The number of nitrogens with one attached hydrogen (secondary N) is 1. The third kappa shape index (κ3) is 4.54. The lowest BCUT2D eigenvalue weighted by Crippen LogP contribution is -2.25. The van der Waals surface area contributed by atoms with Crippen molar-refractivity contribution in [2.75, 3.05) is 20.2 Å². The number of aromatic nitrogens is 2. The Morgan fingerprint density at radius 2 is 2.33 bits per heavy atom. The van der Waals surface area contributed by atoms with Crippen LogP contribution in [-0.2, 0) is 16.1 Å². The van der Waals surface area contributed by atoms with Crippen molar-refractivity contribution in [3.63, 3.8) is 0 Å². The summed E-state index contributed by atoms with van der Waals surface area (Å²) < 4.78 is 6.25. The van der Waals surface area contributed by atoms with Crippen molar-refractivity contribution in [1.82, 2.24) is 14.9 Å². The zero-order valence-electron chi connectivity index (χ0n) is 10.4. The molecule has 18 heavy (non-hydrogen) atoms. The molecule has 0 fully saturated rings. The Kier molecular flexibility index (Phi) is 5.86. The van der Waals surface area contributed by atoms with Gasteiger partial charge in [-0.3, -0.25) is 9.59 Å². The minimum Gasteiger partial charge on any atom is -0.469 e. The van der Waals surface area contributed by atoms with Crippen molar-refractivity contribution in [3.8, 4) is 0 Å². The molecule has 0 aliphatic rings. The molecule has 1 aromatic rings.